The van der Waals surface area contributed by atoms with Crippen LogP contribution in [0, 0.1) is 6.92 Å². The number of aromatic nitrogens is 1. The van der Waals surface area contributed by atoms with Crippen LogP contribution in [-0.4, -0.2) is 21.4 Å². The lowest BCUT2D eigenvalue weighted by Gasteiger charge is -2.40. The Morgan fingerprint density at radius 2 is 1.58 bits per heavy atom. The van der Waals surface area contributed by atoms with Crippen LogP contribution >= 0.6 is 23.3 Å². The minimum Gasteiger partial charge on any atom is -0.238 e. The normalized spacial score (nSPS) is 20.9. The van der Waals surface area contributed by atoms with E-state index < -0.39 is 0 Å². The predicted molar refractivity (Wildman–Crippen MR) is 106 cm³/mol. The summed E-state index contributed by atoms with van der Waals surface area (Å²) < 4.78 is 5.37. The molecular formula is C20H28N2S2. The van der Waals surface area contributed by atoms with Crippen molar-refractivity contribution >= 4 is 33.5 Å². The Balaban J connectivity index is 1.58. The summed E-state index contributed by atoms with van der Waals surface area (Å²) in [7, 11) is 0. The molecule has 2 aromatic rings. The molecule has 2 nitrogen and oxygen atoms in total. The van der Waals surface area contributed by atoms with Crippen LogP contribution in [0.2, 0.25) is 0 Å². The topological polar surface area (TPSA) is 16.1 Å². The fourth-order valence-corrected chi connectivity index (χ4v) is 6.80. The standard InChI is InChI=1S/C20H28N2S2/c1-15-9-8-14-18-19(15)21-20(23-18)24-22(16-10-4-2-5-11-16)17-12-6-3-7-13-17/h8-9,14,16-17H,2-7,10-13H2,1H3. The summed E-state index contributed by atoms with van der Waals surface area (Å²) >= 11 is 3.85. The maximum atomic E-state index is 4.98. The van der Waals surface area contributed by atoms with Gasteiger partial charge in [0, 0.05) is 12.1 Å². The quantitative estimate of drug-likeness (QED) is 0.573. The number of hydrogen-bond acceptors (Lipinski definition) is 4. The largest absolute Gasteiger partial charge is 0.238 e. The van der Waals surface area contributed by atoms with Gasteiger partial charge in [0.1, 0.15) is 0 Å². The molecule has 0 saturated heterocycles. The molecule has 1 heterocycles. The zero-order valence-electron chi connectivity index (χ0n) is 14.7. The molecule has 130 valence electrons. The lowest BCUT2D eigenvalue weighted by atomic mass is 9.91. The fraction of sp³-hybridized carbons (Fsp3) is 0.650. The SMILES string of the molecule is Cc1cccc2sc(SN(C3CCCCC3)C3CCCCC3)nc12. The van der Waals surface area contributed by atoms with Crippen LogP contribution in [0.15, 0.2) is 22.5 Å². The Morgan fingerprint density at radius 3 is 2.17 bits per heavy atom. The summed E-state index contributed by atoms with van der Waals surface area (Å²) in [5, 5.41) is 0. The summed E-state index contributed by atoms with van der Waals surface area (Å²) in [6.07, 6.45) is 14.0. The summed E-state index contributed by atoms with van der Waals surface area (Å²) in [6, 6.07) is 8.08. The molecule has 0 bridgehead atoms. The van der Waals surface area contributed by atoms with Crippen LogP contribution in [0.1, 0.15) is 69.8 Å². The number of rotatable bonds is 4. The third kappa shape index (κ3) is 3.66. The molecule has 0 amide bonds. The first-order valence-corrected chi connectivity index (χ1v) is 11.2. The lowest BCUT2D eigenvalue weighted by molar-refractivity contribution is 0.185. The first kappa shape index (κ1) is 16.9. The van der Waals surface area contributed by atoms with Gasteiger partial charge in [0.05, 0.1) is 10.2 Å². The Bertz CT molecular complexity index is 651. The maximum absolute atomic E-state index is 4.98. The van der Waals surface area contributed by atoms with Crippen molar-refractivity contribution in [2.45, 2.75) is 87.6 Å². The monoisotopic (exact) mass is 360 g/mol. The highest BCUT2D eigenvalue weighted by Gasteiger charge is 2.30. The second-order valence-electron chi connectivity index (χ2n) is 7.44. The van der Waals surface area contributed by atoms with Crippen LogP contribution in [0.3, 0.4) is 0 Å². The number of fused-ring (bicyclic) bond motifs is 1. The van der Waals surface area contributed by atoms with Crippen LogP contribution in [0.4, 0.5) is 0 Å². The second-order valence-corrected chi connectivity index (χ2v) is 9.72. The zero-order chi connectivity index (χ0) is 16.4. The van der Waals surface area contributed by atoms with Crippen LogP contribution < -0.4 is 0 Å². The van der Waals surface area contributed by atoms with Crippen molar-refractivity contribution in [1.29, 1.82) is 0 Å². The van der Waals surface area contributed by atoms with E-state index in [-0.39, 0.29) is 0 Å². The molecule has 1 aromatic heterocycles. The summed E-state index contributed by atoms with van der Waals surface area (Å²) in [5.74, 6) is 0. The van der Waals surface area contributed by atoms with Crippen molar-refractivity contribution in [2.75, 3.05) is 0 Å². The van der Waals surface area contributed by atoms with Gasteiger partial charge in [-0.05, 0) is 56.2 Å². The van der Waals surface area contributed by atoms with Gasteiger partial charge in [-0.2, -0.15) is 0 Å². The lowest BCUT2D eigenvalue weighted by Crippen LogP contribution is -2.40. The van der Waals surface area contributed by atoms with Crippen molar-refractivity contribution in [3.63, 3.8) is 0 Å². The molecular weight excluding hydrogens is 332 g/mol. The molecule has 0 N–H and O–H groups in total. The number of thiazole rings is 1. The van der Waals surface area contributed by atoms with E-state index in [0.717, 1.165) is 12.1 Å². The predicted octanol–water partition coefficient (Wildman–Crippen LogP) is 6.58. The number of aryl methyl sites for hydroxylation is 1. The van der Waals surface area contributed by atoms with Crippen LogP contribution in [-0.2, 0) is 0 Å². The maximum Gasteiger partial charge on any atom is 0.166 e. The molecule has 4 heteroatoms. The smallest absolute Gasteiger partial charge is 0.166 e. The molecule has 2 aliphatic rings. The molecule has 0 spiro atoms. The van der Waals surface area contributed by atoms with E-state index in [1.165, 1.54) is 84.3 Å². The van der Waals surface area contributed by atoms with E-state index in [4.69, 9.17) is 4.98 Å². The summed E-state index contributed by atoms with van der Waals surface area (Å²) in [5.41, 5.74) is 2.51. The van der Waals surface area contributed by atoms with Gasteiger partial charge in [0.25, 0.3) is 0 Å². The highest BCUT2D eigenvalue weighted by atomic mass is 32.2. The van der Waals surface area contributed by atoms with Gasteiger partial charge in [0.15, 0.2) is 4.34 Å². The average molecular weight is 361 g/mol. The van der Waals surface area contributed by atoms with Gasteiger partial charge < -0.3 is 0 Å². The minimum absolute atomic E-state index is 0.764. The van der Waals surface area contributed by atoms with Gasteiger partial charge in [-0.25, -0.2) is 9.29 Å². The Hall–Kier alpha value is -0.580. The third-order valence-electron chi connectivity index (χ3n) is 5.65. The van der Waals surface area contributed by atoms with Gasteiger partial charge in [-0.15, -0.1) is 11.3 Å². The molecule has 2 aliphatic carbocycles. The van der Waals surface area contributed by atoms with Gasteiger partial charge in [-0.3, -0.25) is 0 Å². The number of benzene rings is 1. The molecule has 0 atom stereocenters. The van der Waals surface area contributed by atoms with E-state index in [2.05, 4.69) is 29.4 Å². The molecule has 24 heavy (non-hydrogen) atoms. The van der Waals surface area contributed by atoms with E-state index in [9.17, 15) is 0 Å². The fourth-order valence-electron chi connectivity index (χ4n) is 4.31. The highest BCUT2D eigenvalue weighted by molar-refractivity contribution is 7.99. The third-order valence-corrected chi connectivity index (χ3v) is 8.00. The van der Waals surface area contributed by atoms with Crippen LogP contribution in [0.5, 0.6) is 0 Å². The summed E-state index contributed by atoms with van der Waals surface area (Å²) in [4.78, 5) is 4.98. The van der Waals surface area contributed by atoms with E-state index >= 15 is 0 Å². The molecule has 0 aliphatic heterocycles. The molecule has 2 fully saturated rings. The van der Waals surface area contributed by atoms with E-state index in [1.54, 1.807) is 0 Å². The Labute approximate surface area is 154 Å². The Kier molecular flexibility index (Phi) is 5.45. The summed E-state index contributed by atoms with van der Waals surface area (Å²) in [6.45, 7) is 2.18. The molecule has 0 unspecified atom stereocenters. The van der Waals surface area contributed by atoms with Gasteiger partial charge >= 0.3 is 0 Å². The first-order chi connectivity index (χ1) is 11.8. The molecule has 2 saturated carbocycles. The van der Waals surface area contributed by atoms with E-state index in [1.807, 2.05) is 23.3 Å². The zero-order valence-corrected chi connectivity index (χ0v) is 16.3. The number of nitrogens with zero attached hydrogens (tertiary/aromatic N) is 2. The number of hydrogen-bond donors (Lipinski definition) is 0. The number of para-hydroxylation sites is 1. The Morgan fingerprint density at radius 1 is 0.958 bits per heavy atom. The van der Waals surface area contributed by atoms with Crippen LogP contribution in [0.25, 0.3) is 10.2 Å². The second kappa shape index (κ2) is 7.76. The first-order valence-electron chi connectivity index (χ1n) is 9.64. The molecule has 0 radical (unpaired) electrons. The highest BCUT2D eigenvalue weighted by Crippen LogP contribution is 2.40. The van der Waals surface area contributed by atoms with Crippen molar-refractivity contribution < 1.29 is 0 Å². The molecule has 4 rings (SSSR count). The van der Waals surface area contributed by atoms with Crippen molar-refractivity contribution in [1.82, 2.24) is 9.29 Å². The van der Waals surface area contributed by atoms with Gasteiger partial charge in [-0.1, -0.05) is 50.7 Å². The molecule has 1 aromatic carbocycles. The minimum atomic E-state index is 0.764. The van der Waals surface area contributed by atoms with Crippen molar-refractivity contribution in [3.05, 3.63) is 23.8 Å². The van der Waals surface area contributed by atoms with Crippen molar-refractivity contribution in [2.24, 2.45) is 0 Å². The van der Waals surface area contributed by atoms with Gasteiger partial charge in [0.2, 0.25) is 0 Å². The van der Waals surface area contributed by atoms with E-state index in [0.29, 0.717) is 0 Å². The average Bonchev–Trinajstić information content (AvgIpc) is 3.05. The van der Waals surface area contributed by atoms with Crippen molar-refractivity contribution in [3.8, 4) is 0 Å².